The molecule has 348 valence electrons. The molecule has 0 radical (unpaired) electrons. The SMILES string of the molecule is O=C(O)CCCC(=O)NCC1CCC(C(=O)NC(CCC(=O)NC(CCC(=O)O)C(=O)NCCCOCCOCCOCCCNC(=O)CCN2C(=O)C=CC2=O)C(=O)O)CC1. The van der Waals surface area contributed by atoms with Crippen LogP contribution in [0.4, 0.5) is 0 Å². The number of ether oxygens (including phenoxy) is 3. The number of carbonyl (C=O) groups is 10. The number of nitrogens with one attached hydrogen (secondary N) is 5. The number of hydrogen-bond acceptors (Lipinski definition) is 13. The molecule has 2 aliphatic rings. The fourth-order valence-corrected chi connectivity index (χ4v) is 6.41. The molecule has 2 rings (SSSR count). The summed E-state index contributed by atoms with van der Waals surface area (Å²) in [6.07, 6.45) is 4.53. The average molecular weight is 883 g/mol. The molecule has 1 aliphatic heterocycles. The van der Waals surface area contributed by atoms with Crippen LogP contribution in [0, 0.1) is 11.8 Å². The number of nitrogens with zero attached hydrogens (tertiary/aromatic N) is 1. The van der Waals surface area contributed by atoms with Crippen LogP contribution in [0.5, 0.6) is 0 Å². The first kappa shape index (κ1) is 52.7. The van der Waals surface area contributed by atoms with Crippen LogP contribution >= 0.6 is 0 Å². The summed E-state index contributed by atoms with van der Waals surface area (Å²) in [6.45, 7) is 2.86. The summed E-state index contributed by atoms with van der Waals surface area (Å²) in [5.74, 6) is -6.96. The van der Waals surface area contributed by atoms with Gasteiger partial charge in [0.15, 0.2) is 0 Å². The summed E-state index contributed by atoms with van der Waals surface area (Å²) in [7, 11) is 0. The number of carboxylic acid groups (broad SMARTS) is 3. The molecule has 2 unspecified atom stereocenters. The monoisotopic (exact) mass is 882 g/mol. The smallest absolute Gasteiger partial charge is 0.326 e. The highest BCUT2D eigenvalue weighted by Crippen LogP contribution is 2.29. The molecule has 22 nitrogen and oxygen atoms in total. The molecule has 8 N–H and O–H groups in total. The third kappa shape index (κ3) is 23.5. The van der Waals surface area contributed by atoms with E-state index in [0.29, 0.717) is 78.0 Å². The van der Waals surface area contributed by atoms with E-state index in [9.17, 15) is 53.1 Å². The Hall–Kier alpha value is -5.48. The number of carboxylic acids is 3. The van der Waals surface area contributed by atoms with Gasteiger partial charge in [0, 0.05) is 89.6 Å². The number of imide groups is 1. The van der Waals surface area contributed by atoms with Gasteiger partial charge in [-0.05, 0) is 63.7 Å². The van der Waals surface area contributed by atoms with Crippen molar-refractivity contribution in [1.82, 2.24) is 31.5 Å². The predicted molar refractivity (Wildman–Crippen MR) is 216 cm³/mol. The molecule has 0 aromatic carbocycles. The highest BCUT2D eigenvalue weighted by molar-refractivity contribution is 6.13. The maximum atomic E-state index is 12.9. The molecule has 1 heterocycles. The van der Waals surface area contributed by atoms with Crippen molar-refractivity contribution in [2.24, 2.45) is 11.8 Å². The Morgan fingerprint density at radius 1 is 0.597 bits per heavy atom. The van der Waals surface area contributed by atoms with Crippen LogP contribution in [-0.2, 0) is 62.2 Å². The first-order chi connectivity index (χ1) is 29.7. The predicted octanol–water partition coefficient (Wildman–Crippen LogP) is -0.759. The Labute approximate surface area is 359 Å². The van der Waals surface area contributed by atoms with E-state index < -0.39 is 71.9 Å². The van der Waals surface area contributed by atoms with Gasteiger partial charge in [-0.15, -0.1) is 0 Å². The van der Waals surface area contributed by atoms with Gasteiger partial charge in [-0.2, -0.15) is 0 Å². The minimum Gasteiger partial charge on any atom is -0.481 e. The third-order valence-electron chi connectivity index (χ3n) is 9.93. The Kier molecular flexibility index (Phi) is 25.9. The molecule has 0 bridgehead atoms. The van der Waals surface area contributed by atoms with Gasteiger partial charge in [0.05, 0.1) is 26.4 Å². The van der Waals surface area contributed by atoms with Gasteiger partial charge < -0.3 is 56.1 Å². The first-order valence-electron chi connectivity index (χ1n) is 21.0. The molecule has 0 spiro atoms. The van der Waals surface area contributed by atoms with Crippen molar-refractivity contribution in [3.05, 3.63) is 12.2 Å². The van der Waals surface area contributed by atoms with Gasteiger partial charge in [-0.1, -0.05) is 0 Å². The molecule has 7 amide bonds. The number of amides is 7. The van der Waals surface area contributed by atoms with E-state index in [1.807, 2.05) is 0 Å². The average Bonchev–Trinajstić information content (AvgIpc) is 3.55. The molecule has 0 aromatic heterocycles. The van der Waals surface area contributed by atoms with E-state index in [0.717, 1.165) is 4.90 Å². The lowest BCUT2D eigenvalue weighted by atomic mass is 9.81. The fraction of sp³-hybridized carbons (Fsp3) is 0.700. The highest BCUT2D eigenvalue weighted by atomic mass is 16.5. The molecular formula is C40H62N6O16. The lowest BCUT2D eigenvalue weighted by Crippen LogP contribution is -2.48. The van der Waals surface area contributed by atoms with E-state index >= 15 is 0 Å². The topological polar surface area (TPSA) is 322 Å². The lowest BCUT2D eigenvalue weighted by Gasteiger charge is -2.28. The van der Waals surface area contributed by atoms with Gasteiger partial charge >= 0.3 is 17.9 Å². The van der Waals surface area contributed by atoms with E-state index in [1.165, 1.54) is 12.2 Å². The second kappa shape index (κ2) is 30.5. The molecule has 1 saturated carbocycles. The van der Waals surface area contributed by atoms with Crippen molar-refractivity contribution >= 4 is 59.3 Å². The molecule has 62 heavy (non-hydrogen) atoms. The summed E-state index contributed by atoms with van der Waals surface area (Å²) in [6, 6.07) is -2.57. The highest BCUT2D eigenvalue weighted by Gasteiger charge is 2.30. The normalized spacial score (nSPS) is 16.9. The van der Waals surface area contributed by atoms with E-state index in [4.69, 9.17) is 24.4 Å². The number of carbonyl (C=O) groups excluding carboxylic acids is 7. The summed E-state index contributed by atoms with van der Waals surface area (Å²) in [5.41, 5.74) is 0. The maximum absolute atomic E-state index is 12.9. The van der Waals surface area contributed by atoms with Crippen molar-refractivity contribution in [2.45, 2.75) is 102 Å². The van der Waals surface area contributed by atoms with Crippen molar-refractivity contribution in [2.75, 3.05) is 65.8 Å². The zero-order chi connectivity index (χ0) is 45.7. The second-order valence-corrected chi connectivity index (χ2v) is 14.9. The first-order valence-corrected chi connectivity index (χ1v) is 21.0. The zero-order valence-electron chi connectivity index (χ0n) is 35.0. The quantitative estimate of drug-likeness (QED) is 0.0291. The fourth-order valence-electron chi connectivity index (χ4n) is 6.41. The molecule has 0 aromatic rings. The van der Waals surface area contributed by atoms with Crippen molar-refractivity contribution in [3.8, 4) is 0 Å². The maximum Gasteiger partial charge on any atom is 0.326 e. The Morgan fingerprint density at radius 2 is 1.15 bits per heavy atom. The summed E-state index contributed by atoms with van der Waals surface area (Å²) >= 11 is 0. The molecular weight excluding hydrogens is 820 g/mol. The zero-order valence-corrected chi connectivity index (χ0v) is 35.0. The molecule has 2 atom stereocenters. The third-order valence-corrected chi connectivity index (χ3v) is 9.93. The minimum atomic E-state index is -1.38. The van der Waals surface area contributed by atoms with E-state index in [-0.39, 0.29) is 89.0 Å². The molecule has 0 saturated heterocycles. The lowest BCUT2D eigenvalue weighted by molar-refractivity contribution is -0.143. The van der Waals surface area contributed by atoms with Gasteiger partial charge in [0.2, 0.25) is 29.5 Å². The van der Waals surface area contributed by atoms with Crippen LogP contribution in [0.15, 0.2) is 12.2 Å². The summed E-state index contributed by atoms with van der Waals surface area (Å²) in [4.78, 5) is 120. The number of hydrogen-bond donors (Lipinski definition) is 8. The van der Waals surface area contributed by atoms with Gasteiger partial charge in [-0.3, -0.25) is 48.1 Å². The van der Waals surface area contributed by atoms with E-state index in [2.05, 4.69) is 26.6 Å². The van der Waals surface area contributed by atoms with Crippen molar-refractivity contribution < 1.29 is 77.5 Å². The van der Waals surface area contributed by atoms with Gasteiger partial charge in [0.1, 0.15) is 12.1 Å². The van der Waals surface area contributed by atoms with Gasteiger partial charge in [0.25, 0.3) is 11.8 Å². The Morgan fingerprint density at radius 3 is 1.73 bits per heavy atom. The largest absolute Gasteiger partial charge is 0.481 e. The van der Waals surface area contributed by atoms with Crippen molar-refractivity contribution in [1.29, 1.82) is 0 Å². The van der Waals surface area contributed by atoms with Gasteiger partial charge in [-0.25, -0.2) is 4.79 Å². The van der Waals surface area contributed by atoms with Crippen LogP contribution in [0.3, 0.4) is 0 Å². The van der Waals surface area contributed by atoms with Crippen LogP contribution in [0.2, 0.25) is 0 Å². The van der Waals surface area contributed by atoms with E-state index in [1.54, 1.807) is 0 Å². The van der Waals surface area contributed by atoms with Crippen molar-refractivity contribution in [3.63, 3.8) is 0 Å². The minimum absolute atomic E-state index is 0.0182. The molecule has 22 heteroatoms. The number of rotatable bonds is 34. The number of aliphatic carboxylic acids is 3. The van der Waals surface area contributed by atoms with Crippen LogP contribution in [-0.4, -0.2) is 157 Å². The standard InChI is InChI=1S/C40H62N6O16/c47-31(4-1-5-36(52)53)43-26-27-6-8-28(9-7-27)38(56)45-30(40(58)59)10-12-33(49)44-29(11-15-37(54)55)39(57)42-18-3-21-61-23-25-62-24-22-60-20-2-17-41-32(48)16-19-46-34(50)13-14-35(46)51/h13-14,27-30H,1-12,15-26H2,(H,41,48)(H,42,57)(H,43,47)(H,44,49)(H,45,56)(H,52,53)(H,54,55)(H,58,59). The van der Waals surface area contributed by atoms with Crippen LogP contribution in [0.25, 0.3) is 0 Å². The Balaban J connectivity index is 1.55. The van der Waals surface area contributed by atoms with Crippen LogP contribution < -0.4 is 26.6 Å². The molecule has 1 fully saturated rings. The summed E-state index contributed by atoms with van der Waals surface area (Å²) < 4.78 is 16.4. The summed E-state index contributed by atoms with van der Waals surface area (Å²) in [5, 5.41) is 40.7. The molecule has 1 aliphatic carbocycles. The Bertz CT molecular complexity index is 1530. The van der Waals surface area contributed by atoms with Crippen LogP contribution in [0.1, 0.15) is 89.9 Å². The second-order valence-electron chi connectivity index (χ2n) is 14.9.